The summed E-state index contributed by atoms with van der Waals surface area (Å²) in [5, 5.41) is 3.42. The number of rotatable bonds is 2. The molecule has 24 heavy (non-hydrogen) atoms. The molecule has 0 saturated carbocycles. The number of Topliss-reactive ketones (excluding diaryl/α,β-unsaturated/α-hetero) is 1. The maximum Gasteiger partial charge on any atom is 0.242 e. The van der Waals surface area contributed by atoms with Crippen LogP contribution in [0, 0.1) is 5.92 Å². The molecule has 1 aromatic heterocycles. The maximum atomic E-state index is 13.0. The van der Waals surface area contributed by atoms with Crippen LogP contribution in [0.2, 0.25) is 0 Å². The van der Waals surface area contributed by atoms with Gasteiger partial charge in [0.2, 0.25) is 5.91 Å². The fourth-order valence-electron chi connectivity index (χ4n) is 3.74. The van der Waals surface area contributed by atoms with E-state index in [1.165, 1.54) is 6.92 Å². The molecule has 3 atom stereocenters. The molecule has 1 saturated heterocycles. The van der Waals surface area contributed by atoms with Gasteiger partial charge in [0, 0.05) is 13.2 Å². The first-order valence-electron chi connectivity index (χ1n) is 7.92. The Hall–Kier alpha value is -2.89. The maximum absolute atomic E-state index is 13.0. The SMILES string of the molecule is CC(=O)C1C(=O)N(c2ccccn2)[C@H]2Nc3ccccc3N(C)[C@@H]12. The second-order valence-electron chi connectivity index (χ2n) is 6.19. The van der Waals surface area contributed by atoms with Crippen molar-refractivity contribution in [2.45, 2.75) is 19.1 Å². The molecule has 3 heterocycles. The zero-order valence-corrected chi connectivity index (χ0v) is 13.5. The number of aromatic nitrogens is 1. The van der Waals surface area contributed by atoms with Gasteiger partial charge in [0.05, 0.1) is 17.4 Å². The molecule has 1 unspecified atom stereocenters. The third kappa shape index (κ3) is 1.99. The molecule has 4 rings (SSSR count). The van der Waals surface area contributed by atoms with Gasteiger partial charge in [-0.25, -0.2) is 4.98 Å². The predicted octanol–water partition coefficient (Wildman–Crippen LogP) is 1.89. The standard InChI is InChI=1S/C18H18N4O2/c1-11(23)15-16-17(20-12-7-3-4-8-13(12)21(16)2)22(18(15)24)14-9-5-6-10-19-14/h3-10,15-17,20H,1-2H3/t15?,16-,17+/m0/s1. The van der Waals surface area contributed by atoms with E-state index in [0.717, 1.165) is 11.4 Å². The number of likely N-dealkylation sites (N-methyl/N-ethyl adjacent to an activating group) is 1. The van der Waals surface area contributed by atoms with Crippen molar-refractivity contribution in [3.63, 3.8) is 0 Å². The molecule has 1 N–H and O–H groups in total. The van der Waals surface area contributed by atoms with Crippen LogP contribution in [-0.4, -0.2) is 35.9 Å². The lowest BCUT2D eigenvalue weighted by molar-refractivity contribution is -0.129. The number of hydrogen-bond donors (Lipinski definition) is 1. The molecule has 0 spiro atoms. The van der Waals surface area contributed by atoms with Crippen LogP contribution in [0.3, 0.4) is 0 Å². The molecule has 1 aromatic carbocycles. The number of carbonyl (C=O) groups is 2. The smallest absolute Gasteiger partial charge is 0.242 e. The number of nitrogens with one attached hydrogen (secondary N) is 1. The Kier molecular flexibility index (Phi) is 3.26. The lowest BCUT2D eigenvalue weighted by Gasteiger charge is -2.41. The number of amides is 1. The number of fused-ring (bicyclic) bond motifs is 2. The monoisotopic (exact) mass is 322 g/mol. The van der Waals surface area contributed by atoms with E-state index in [4.69, 9.17) is 0 Å². The quantitative estimate of drug-likeness (QED) is 0.855. The van der Waals surface area contributed by atoms with Crippen molar-refractivity contribution >= 4 is 28.9 Å². The van der Waals surface area contributed by atoms with Gasteiger partial charge in [-0.05, 0) is 31.2 Å². The van der Waals surface area contributed by atoms with E-state index in [0.29, 0.717) is 5.82 Å². The summed E-state index contributed by atoms with van der Waals surface area (Å²) in [6.07, 6.45) is 1.32. The zero-order valence-electron chi connectivity index (χ0n) is 13.5. The topological polar surface area (TPSA) is 65.5 Å². The fraction of sp³-hybridized carbons (Fsp3) is 0.278. The summed E-state index contributed by atoms with van der Waals surface area (Å²) in [5.41, 5.74) is 1.93. The lowest BCUT2D eigenvalue weighted by Crippen LogP contribution is -2.54. The second kappa shape index (κ2) is 5.33. The number of nitrogens with zero attached hydrogens (tertiary/aromatic N) is 3. The molecule has 122 valence electrons. The molecule has 2 aliphatic heterocycles. The highest BCUT2D eigenvalue weighted by Crippen LogP contribution is 2.41. The Bertz CT molecular complexity index is 808. The molecule has 0 radical (unpaired) electrons. The average Bonchev–Trinajstić information content (AvgIpc) is 2.88. The van der Waals surface area contributed by atoms with Crippen molar-refractivity contribution in [3.8, 4) is 0 Å². The minimum Gasteiger partial charge on any atom is -0.365 e. The number of para-hydroxylation sites is 2. The zero-order chi connectivity index (χ0) is 16.8. The van der Waals surface area contributed by atoms with Crippen LogP contribution in [-0.2, 0) is 9.59 Å². The van der Waals surface area contributed by atoms with Gasteiger partial charge in [0.1, 0.15) is 23.7 Å². The van der Waals surface area contributed by atoms with Crippen LogP contribution in [0.4, 0.5) is 17.2 Å². The summed E-state index contributed by atoms with van der Waals surface area (Å²) in [6.45, 7) is 1.48. The van der Waals surface area contributed by atoms with Gasteiger partial charge >= 0.3 is 0 Å². The Morgan fingerprint density at radius 1 is 1.17 bits per heavy atom. The molecular weight excluding hydrogens is 304 g/mol. The molecule has 1 fully saturated rings. The number of hydrogen-bond acceptors (Lipinski definition) is 5. The molecule has 6 nitrogen and oxygen atoms in total. The Morgan fingerprint density at radius 2 is 1.92 bits per heavy atom. The van der Waals surface area contributed by atoms with Crippen molar-refractivity contribution in [3.05, 3.63) is 48.7 Å². The van der Waals surface area contributed by atoms with Gasteiger partial charge in [-0.2, -0.15) is 0 Å². The van der Waals surface area contributed by atoms with Crippen LogP contribution in [0.5, 0.6) is 0 Å². The minimum atomic E-state index is -0.706. The van der Waals surface area contributed by atoms with Crippen molar-refractivity contribution < 1.29 is 9.59 Å². The van der Waals surface area contributed by atoms with Gasteiger partial charge in [-0.1, -0.05) is 18.2 Å². The predicted molar refractivity (Wildman–Crippen MR) is 91.9 cm³/mol. The first-order chi connectivity index (χ1) is 11.6. The number of anilines is 3. The van der Waals surface area contributed by atoms with E-state index in [1.54, 1.807) is 23.2 Å². The van der Waals surface area contributed by atoms with E-state index in [-0.39, 0.29) is 23.9 Å². The highest BCUT2D eigenvalue weighted by molar-refractivity contribution is 6.12. The van der Waals surface area contributed by atoms with Crippen LogP contribution in [0.15, 0.2) is 48.7 Å². The summed E-state index contributed by atoms with van der Waals surface area (Å²) in [6, 6.07) is 13.0. The molecule has 1 amide bonds. The first kappa shape index (κ1) is 14.7. The summed E-state index contributed by atoms with van der Waals surface area (Å²) in [4.78, 5) is 33.2. The molecule has 0 bridgehead atoms. The molecule has 2 aliphatic rings. The van der Waals surface area contributed by atoms with Gasteiger partial charge < -0.3 is 10.2 Å². The van der Waals surface area contributed by atoms with Crippen molar-refractivity contribution in [2.24, 2.45) is 5.92 Å². The molecule has 2 aromatic rings. The number of ketones is 1. The summed E-state index contributed by atoms with van der Waals surface area (Å²) >= 11 is 0. The summed E-state index contributed by atoms with van der Waals surface area (Å²) in [7, 11) is 1.93. The van der Waals surface area contributed by atoms with Crippen LogP contribution < -0.4 is 15.1 Å². The van der Waals surface area contributed by atoms with Gasteiger partial charge in [0.25, 0.3) is 0 Å². The normalized spacial score (nSPS) is 25.1. The summed E-state index contributed by atoms with van der Waals surface area (Å²) in [5.74, 6) is -0.478. The third-order valence-corrected chi connectivity index (χ3v) is 4.82. The van der Waals surface area contributed by atoms with E-state index < -0.39 is 5.92 Å². The van der Waals surface area contributed by atoms with Crippen LogP contribution >= 0.6 is 0 Å². The summed E-state index contributed by atoms with van der Waals surface area (Å²) < 4.78 is 0. The highest BCUT2D eigenvalue weighted by Gasteiger charge is 2.55. The fourth-order valence-corrected chi connectivity index (χ4v) is 3.74. The average molecular weight is 322 g/mol. The first-order valence-corrected chi connectivity index (χ1v) is 7.92. The highest BCUT2D eigenvalue weighted by atomic mass is 16.2. The Morgan fingerprint density at radius 3 is 2.62 bits per heavy atom. The second-order valence-corrected chi connectivity index (χ2v) is 6.19. The lowest BCUT2D eigenvalue weighted by atomic mass is 9.94. The van der Waals surface area contributed by atoms with Gasteiger partial charge in [0.15, 0.2) is 0 Å². The van der Waals surface area contributed by atoms with Gasteiger partial charge in [-0.15, -0.1) is 0 Å². The van der Waals surface area contributed by atoms with E-state index in [1.807, 2.05) is 42.3 Å². The van der Waals surface area contributed by atoms with Crippen molar-refractivity contribution in [1.82, 2.24) is 4.98 Å². The number of benzene rings is 1. The van der Waals surface area contributed by atoms with E-state index >= 15 is 0 Å². The molecule has 0 aliphatic carbocycles. The van der Waals surface area contributed by atoms with Gasteiger partial charge in [-0.3, -0.25) is 14.5 Å². The molecule has 6 heteroatoms. The van der Waals surface area contributed by atoms with Crippen LogP contribution in [0.1, 0.15) is 6.92 Å². The largest absolute Gasteiger partial charge is 0.365 e. The minimum absolute atomic E-state index is 0.124. The van der Waals surface area contributed by atoms with Crippen molar-refractivity contribution in [2.75, 3.05) is 22.2 Å². The van der Waals surface area contributed by atoms with Crippen LogP contribution in [0.25, 0.3) is 0 Å². The van der Waals surface area contributed by atoms with E-state index in [2.05, 4.69) is 10.3 Å². The number of pyridine rings is 1. The Balaban J connectivity index is 1.85. The number of carbonyl (C=O) groups excluding carboxylic acids is 2. The Labute approximate surface area is 140 Å². The third-order valence-electron chi connectivity index (χ3n) is 4.82. The van der Waals surface area contributed by atoms with E-state index in [9.17, 15) is 9.59 Å². The van der Waals surface area contributed by atoms with Crippen molar-refractivity contribution in [1.29, 1.82) is 0 Å². The molecular formula is C18H18N4O2.